The number of nitro groups is 1. The van der Waals surface area contributed by atoms with Gasteiger partial charge < -0.3 is 15.4 Å². The van der Waals surface area contributed by atoms with Crippen LogP contribution in [0.1, 0.15) is 35.2 Å². The molecule has 1 atom stereocenters. The fourth-order valence-corrected chi connectivity index (χ4v) is 4.44. The summed E-state index contributed by atoms with van der Waals surface area (Å²) in [7, 11) is 0. The highest BCUT2D eigenvalue weighted by atomic mass is 32.1. The summed E-state index contributed by atoms with van der Waals surface area (Å²) < 4.78 is 1.25. The molecule has 1 N–H and O–H groups in total. The Bertz CT molecular complexity index is 892. The molecule has 8 nitrogen and oxygen atoms in total. The van der Waals surface area contributed by atoms with Crippen LogP contribution in [0.3, 0.4) is 0 Å². The van der Waals surface area contributed by atoms with Gasteiger partial charge in [0.15, 0.2) is 12.4 Å². The minimum Gasteiger partial charge on any atom is -0.358 e. The Balaban J connectivity index is 1.82. The van der Waals surface area contributed by atoms with Crippen molar-refractivity contribution in [1.29, 1.82) is 5.26 Å². The molecule has 0 fully saturated rings. The molecule has 0 saturated heterocycles. The maximum atomic E-state index is 12.4. The number of carbonyl (C=O) groups excluding carboxylic acids is 1. The second-order valence-electron chi connectivity index (χ2n) is 6.22. The minimum absolute atomic E-state index is 0.216. The predicted molar refractivity (Wildman–Crippen MR) is 92.5 cm³/mol. The van der Waals surface area contributed by atoms with Crippen LogP contribution in [0.15, 0.2) is 6.20 Å². The van der Waals surface area contributed by atoms with E-state index in [1.807, 2.05) is 0 Å². The van der Waals surface area contributed by atoms with E-state index < -0.39 is 10.8 Å². The number of anilines is 1. The van der Waals surface area contributed by atoms with E-state index in [0.717, 1.165) is 35.9 Å². The summed E-state index contributed by atoms with van der Waals surface area (Å²) in [5.74, 6) is 0.318. The molecule has 0 aliphatic heterocycles. The zero-order chi connectivity index (χ0) is 18.1. The maximum absolute atomic E-state index is 12.4. The van der Waals surface area contributed by atoms with E-state index in [2.05, 4.69) is 23.3 Å². The van der Waals surface area contributed by atoms with Gasteiger partial charge >= 0.3 is 5.82 Å². The van der Waals surface area contributed by atoms with Gasteiger partial charge in [0, 0.05) is 11.8 Å². The molecule has 1 unspecified atom stereocenters. The van der Waals surface area contributed by atoms with Crippen molar-refractivity contribution in [3.05, 3.63) is 38.1 Å². The van der Waals surface area contributed by atoms with Crippen molar-refractivity contribution in [1.82, 2.24) is 9.55 Å². The van der Waals surface area contributed by atoms with Crippen LogP contribution >= 0.6 is 11.3 Å². The average molecular weight is 359 g/mol. The van der Waals surface area contributed by atoms with E-state index >= 15 is 0 Å². The first-order valence-corrected chi connectivity index (χ1v) is 8.73. The van der Waals surface area contributed by atoms with Crippen molar-refractivity contribution >= 4 is 28.1 Å². The van der Waals surface area contributed by atoms with Gasteiger partial charge in [-0.1, -0.05) is 6.92 Å². The lowest BCUT2D eigenvalue weighted by Gasteiger charge is -2.17. The van der Waals surface area contributed by atoms with E-state index in [1.165, 1.54) is 15.9 Å². The summed E-state index contributed by atoms with van der Waals surface area (Å²) in [6, 6.07) is 2.19. The Morgan fingerprint density at radius 2 is 2.40 bits per heavy atom. The Kier molecular flexibility index (Phi) is 4.55. The van der Waals surface area contributed by atoms with Crippen molar-refractivity contribution in [3.63, 3.8) is 0 Å². The standard InChI is InChI=1S/C16H17N5O3S/c1-9-3-4-11-12(6-17)16(25-13(11)5-9)19-14(22)8-20-10(2)18-7-15(20)21(23)24/h7,9H,3-5,8H2,1-2H3,(H,19,22). The number of hydrogen-bond donors (Lipinski definition) is 1. The van der Waals surface area contributed by atoms with Gasteiger partial charge in [-0.3, -0.25) is 4.79 Å². The predicted octanol–water partition coefficient (Wildman–Crippen LogP) is 2.80. The number of nitriles is 1. The number of thiophene rings is 1. The van der Waals surface area contributed by atoms with Crippen molar-refractivity contribution in [2.75, 3.05) is 5.32 Å². The lowest BCUT2D eigenvalue weighted by atomic mass is 9.89. The number of amides is 1. The lowest BCUT2D eigenvalue weighted by molar-refractivity contribution is -0.392. The Labute approximate surface area is 148 Å². The van der Waals surface area contributed by atoms with Crippen LogP contribution in [0.2, 0.25) is 0 Å². The second-order valence-corrected chi connectivity index (χ2v) is 7.33. The summed E-state index contributed by atoms with van der Waals surface area (Å²) in [4.78, 5) is 27.8. The first-order chi connectivity index (χ1) is 11.9. The minimum atomic E-state index is -0.570. The summed E-state index contributed by atoms with van der Waals surface area (Å²) in [6.07, 6.45) is 3.93. The third kappa shape index (κ3) is 3.25. The van der Waals surface area contributed by atoms with Gasteiger partial charge in [-0.2, -0.15) is 5.26 Å². The largest absolute Gasteiger partial charge is 0.358 e. The van der Waals surface area contributed by atoms with Crippen LogP contribution in [0, 0.1) is 34.3 Å². The highest BCUT2D eigenvalue weighted by molar-refractivity contribution is 7.16. The Hall–Kier alpha value is -2.73. The smallest absolute Gasteiger partial charge is 0.343 e. The van der Waals surface area contributed by atoms with E-state index in [4.69, 9.17) is 0 Å². The second kappa shape index (κ2) is 6.64. The molecule has 0 bridgehead atoms. The molecule has 0 aromatic carbocycles. The van der Waals surface area contributed by atoms with E-state index in [9.17, 15) is 20.2 Å². The zero-order valence-corrected chi connectivity index (χ0v) is 14.7. The molecule has 1 aliphatic rings. The average Bonchev–Trinajstić information content (AvgIpc) is 3.07. The van der Waals surface area contributed by atoms with Gasteiger partial charge in [0.1, 0.15) is 17.3 Å². The lowest BCUT2D eigenvalue weighted by Crippen LogP contribution is -2.20. The quantitative estimate of drug-likeness (QED) is 0.666. The first-order valence-electron chi connectivity index (χ1n) is 7.91. The molecule has 2 heterocycles. The molecular formula is C16H17N5O3S. The summed E-state index contributed by atoms with van der Waals surface area (Å²) >= 11 is 1.43. The number of hydrogen-bond acceptors (Lipinski definition) is 6. The number of imidazole rings is 1. The number of nitrogens with one attached hydrogen (secondary N) is 1. The van der Waals surface area contributed by atoms with Crippen LogP contribution < -0.4 is 5.32 Å². The van der Waals surface area contributed by atoms with Gasteiger partial charge in [0.25, 0.3) is 5.91 Å². The highest BCUT2D eigenvalue weighted by Crippen LogP contribution is 2.39. The first kappa shape index (κ1) is 17.1. The normalized spacial score (nSPS) is 16.1. The number of nitrogens with zero attached hydrogens (tertiary/aromatic N) is 4. The SMILES string of the molecule is Cc1ncc([N+](=O)[O-])n1CC(=O)Nc1sc2c(c1C#N)CCC(C)C2. The molecule has 9 heteroatoms. The molecule has 3 rings (SSSR count). The van der Waals surface area contributed by atoms with Crippen molar-refractivity contribution in [2.24, 2.45) is 5.92 Å². The summed E-state index contributed by atoms with van der Waals surface area (Å²) in [5, 5.41) is 23.8. The topological polar surface area (TPSA) is 114 Å². The van der Waals surface area contributed by atoms with E-state index in [-0.39, 0.29) is 12.4 Å². The Morgan fingerprint density at radius 3 is 3.08 bits per heavy atom. The van der Waals surface area contributed by atoms with Crippen molar-refractivity contribution in [2.45, 2.75) is 39.7 Å². The molecular weight excluding hydrogens is 342 g/mol. The van der Waals surface area contributed by atoms with Crippen LogP contribution in [-0.2, 0) is 24.2 Å². The Morgan fingerprint density at radius 1 is 1.64 bits per heavy atom. The molecule has 2 aromatic heterocycles. The van der Waals surface area contributed by atoms with E-state index in [1.54, 1.807) is 6.92 Å². The van der Waals surface area contributed by atoms with Crippen LogP contribution in [-0.4, -0.2) is 20.4 Å². The maximum Gasteiger partial charge on any atom is 0.343 e. The molecule has 25 heavy (non-hydrogen) atoms. The number of fused-ring (bicyclic) bond motifs is 1. The van der Waals surface area contributed by atoms with Gasteiger partial charge in [-0.05, 0) is 35.7 Å². The number of aryl methyl sites for hydroxylation is 1. The molecule has 130 valence electrons. The highest BCUT2D eigenvalue weighted by Gasteiger charge is 2.26. The number of carbonyl (C=O) groups is 1. The monoisotopic (exact) mass is 359 g/mol. The van der Waals surface area contributed by atoms with Crippen molar-refractivity contribution in [3.8, 4) is 6.07 Å². The molecule has 1 aliphatic carbocycles. The van der Waals surface area contributed by atoms with Gasteiger partial charge in [0.05, 0.1) is 5.56 Å². The molecule has 0 saturated carbocycles. The molecule has 2 aromatic rings. The zero-order valence-electron chi connectivity index (χ0n) is 13.9. The van der Waals surface area contributed by atoms with Crippen LogP contribution in [0.5, 0.6) is 0 Å². The van der Waals surface area contributed by atoms with E-state index in [0.29, 0.717) is 22.3 Å². The molecule has 0 spiro atoms. The van der Waals surface area contributed by atoms with Gasteiger partial charge in [-0.25, -0.2) is 9.55 Å². The fourth-order valence-electron chi connectivity index (χ4n) is 3.06. The third-order valence-electron chi connectivity index (χ3n) is 4.40. The van der Waals surface area contributed by atoms with Crippen LogP contribution in [0.4, 0.5) is 10.8 Å². The fraction of sp³-hybridized carbons (Fsp3) is 0.438. The van der Waals surface area contributed by atoms with Gasteiger partial charge in [-0.15, -0.1) is 11.3 Å². The van der Waals surface area contributed by atoms with Crippen molar-refractivity contribution < 1.29 is 9.72 Å². The third-order valence-corrected chi connectivity index (χ3v) is 5.57. The number of aromatic nitrogens is 2. The summed E-state index contributed by atoms with van der Waals surface area (Å²) in [6.45, 7) is 3.56. The van der Waals surface area contributed by atoms with Gasteiger partial charge in [0.2, 0.25) is 0 Å². The van der Waals surface area contributed by atoms with Crippen LogP contribution in [0.25, 0.3) is 0 Å². The molecule has 1 amide bonds. The summed E-state index contributed by atoms with van der Waals surface area (Å²) in [5.41, 5.74) is 1.56. The number of rotatable bonds is 4. The molecule has 0 radical (unpaired) electrons.